The van der Waals surface area contributed by atoms with Crippen LogP contribution in [0.25, 0.3) is 0 Å². The molecular weight excluding hydrogens is 336 g/mol. The number of piperidine rings is 1. The monoisotopic (exact) mass is 352 g/mol. The number of hydrogen-bond donors (Lipinski definition) is 1. The van der Waals surface area contributed by atoms with E-state index in [0.717, 1.165) is 37.8 Å². The van der Waals surface area contributed by atoms with E-state index in [9.17, 15) is 14.9 Å². The lowest BCUT2D eigenvalue weighted by molar-refractivity contribution is -0.384. The summed E-state index contributed by atoms with van der Waals surface area (Å²) in [5.41, 5.74) is 0.0775. The molecule has 1 amide bonds. The Labute approximate surface area is 149 Å². The molecule has 26 heavy (non-hydrogen) atoms. The van der Waals surface area contributed by atoms with E-state index in [1.165, 1.54) is 18.6 Å². The fourth-order valence-corrected chi connectivity index (χ4v) is 2.77. The molecule has 1 saturated heterocycles. The summed E-state index contributed by atoms with van der Waals surface area (Å²) < 4.78 is 0. The van der Waals surface area contributed by atoms with Gasteiger partial charge in [0.2, 0.25) is 0 Å². The van der Waals surface area contributed by atoms with E-state index < -0.39 is 10.8 Å². The van der Waals surface area contributed by atoms with Gasteiger partial charge in [0.15, 0.2) is 11.5 Å². The molecule has 0 unspecified atom stereocenters. The Morgan fingerprint density at radius 2 is 1.96 bits per heavy atom. The van der Waals surface area contributed by atoms with Gasteiger partial charge < -0.3 is 10.2 Å². The van der Waals surface area contributed by atoms with Gasteiger partial charge >= 0.3 is 0 Å². The number of non-ortho nitro benzene ring substituents is 1. The number of aromatic nitrogens is 2. The third-order valence-electron chi connectivity index (χ3n) is 4.15. The van der Waals surface area contributed by atoms with Crippen molar-refractivity contribution in [2.75, 3.05) is 23.3 Å². The fourth-order valence-electron chi connectivity index (χ4n) is 2.77. The largest absolute Gasteiger partial charge is 0.355 e. The molecule has 0 atom stereocenters. The minimum atomic E-state index is -0.600. The number of nitriles is 1. The summed E-state index contributed by atoms with van der Waals surface area (Å²) in [4.78, 5) is 24.6. The Kier molecular flexibility index (Phi) is 5.03. The highest BCUT2D eigenvalue weighted by Gasteiger charge is 2.16. The quantitative estimate of drug-likeness (QED) is 0.662. The second-order valence-corrected chi connectivity index (χ2v) is 5.88. The highest BCUT2D eigenvalue weighted by molar-refractivity contribution is 6.03. The van der Waals surface area contributed by atoms with Crippen LogP contribution in [0.1, 0.15) is 35.3 Å². The number of nitrogens with one attached hydrogen (secondary N) is 1. The standard InChI is InChI=1S/C17H16N6O3/c18-11-12-10-13(23(25)26)4-5-14(12)19-17(24)15-6-7-16(21-20-15)22-8-2-1-3-9-22/h4-7,10H,1-3,8-9H2,(H,19,24). The van der Waals surface area contributed by atoms with Gasteiger partial charge in [-0.3, -0.25) is 14.9 Å². The highest BCUT2D eigenvalue weighted by Crippen LogP contribution is 2.22. The van der Waals surface area contributed by atoms with Crippen molar-refractivity contribution < 1.29 is 9.72 Å². The number of carbonyl (C=O) groups excluding carboxylic acids is 1. The summed E-state index contributed by atoms with van der Waals surface area (Å²) in [5.74, 6) is 0.197. The molecule has 9 nitrogen and oxygen atoms in total. The van der Waals surface area contributed by atoms with Gasteiger partial charge in [-0.1, -0.05) is 0 Å². The van der Waals surface area contributed by atoms with Gasteiger partial charge in [0.25, 0.3) is 11.6 Å². The number of anilines is 2. The van der Waals surface area contributed by atoms with Crippen molar-refractivity contribution >= 4 is 23.1 Å². The lowest BCUT2D eigenvalue weighted by atomic mass is 10.1. The number of amides is 1. The zero-order valence-corrected chi connectivity index (χ0v) is 13.9. The topological polar surface area (TPSA) is 125 Å². The van der Waals surface area contributed by atoms with E-state index >= 15 is 0 Å². The maximum absolute atomic E-state index is 12.3. The molecule has 0 bridgehead atoms. The Balaban J connectivity index is 1.74. The first-order valence-electron chi connectivity index (χ1n) is 8.17. The molecule has 0 saturated carbocycles. The van der Waals surface area contributed by atoms with Gasteiger partial charge in [0.05, 0.1) is 16.2 Å². The first-order chi connectivity index (χ1) is 12.6. The number of carbonyl (C=O) groups is 1. The lowest BCUT2D eigenvalue weighted by Crippen LogP contribution is -2.30. The number of benzene rings is 1. The third-order valence-corrected chi connectivity index (χ3v) is 4.15. The Hall–Kier alpha value is -3.54. The maximum atomic E-state index is 12.3. The average Bonchev–Trinajstić information content (AvgIpc) is 2.69. The van der Waals surface area contributed by atoms with Gasteiger partial charge in [-0.15, -0.1) is 10.2 Å². The van der Waals surface area contributed by atoms with Gasteiger partial charge in [-0.2, -0.15) is 5.26 Å². The molecule has 1 aromatic heterocycles. The molecule has 2 heterocycles. The third kappa shape index (κ3) is 3.75. The van der Waals surface area contributed by atoms with E-state index in [0.29, 0.717) is 0 Å². The van der Waals surface area contributed by atoms with Crippen LogP contribution < -0.4 is 10.2 Å². The Morgan fingerprint density at radius 3 is 2.58 bits per heavy atom. The van der Waals surface area contributed by atoms with Crippen LogP contribution in [0.2, 0.25) is 0 Å². The zero-order valence-electron chi connectivity index (χ0n) is 13.9. The number of nitro groups is 1. The Bertz CT molecular complexity index is 869. The summed E-state index contributed by atoms with van der Waals surface area (Å²) in [7, 11) is 0. The van der Waals surface area contributed by atoms with Crippen LogP contribution >= 0.6 is 0 Å². The van der Waals surface area contributed by atoms with Crippen molar-refractivity contribution in [2.45, 2.75) is 19.3 Å². The molecule has 132 valence electrons. The van der Waals surface area contributed by atoms with E-state index in [-0.39, 0.29) is 22.6 Å². The predicted octanol–water partition coefficient (Wildman–Crippen LogP) is 2.50. The van der Waals surface area contributed by atoms with Crippen LogP contribution in [-0.4, -0.2) is 34.1 Å². The van der Waals surface area contributed by atoms with Crippen molar-refractivity contribution in [1.82, 2.24) is 10.2 Å². The highest BCUT2D eigenvalue weighted by atomic mass is 16.6. The van der Waals surface area contributed by atoms with Gasteiger partial charge in [-0.25, -0.2) is 0 Å². The normalized spacial score (nSPS) is 13.7. The summed E-state index contributed by atoms with van der Waals surface area (Å²) in [6.45, 7) is 1.85. The SMILES string of the molecule is N#Cc1cc([N+](=O)[O-])ccc1NC(=O)c1ccc(N2CCCCC2)nn1. The zero-order chi connectivity index (χ0) is 18.5. The average molecular weight is 352 g/mol. The van der Waals surface area contributed by atoms with E-state index in [1.54, 1.807) is 12.1 Å². The fraction of sp³-hybridized carbons (Fsp3) is 0.294. The van der Waals surface area contributed by atoms with Crippen LogP contribution in [0.15, 0.2) is 30.3 Å². The van der Waals surface area contributed by atoms with Gasteiger partial charge in [0.1, 0.15) is 6.07 Å². The number of rotatable bonds is 4. The first-order valence-corrected chi connectivity index (χ1v) is 8.17. The summed E-state index contributed by atoms with van der Waals surface area (Å²) >= 11 is 0. The van der Waals surface area contributed by atoms with Crippen molar-refractivity contribution in [3.63, 3.8) is 0 Å². The number of hydrogen-bond acceptors (Lipinski definition) is 7. The van der Waals surface area contributed by atoms with E-state index in [4.69, 9.17) is 5.26 Å². The first kappa shape index (κ1) is 17.3. The molecule has 1 N–H and O–H groups in total. The molecular formula is C17H16N6O3. The number of nitro benzene ring substituents is 1. The molecule has 1 fully saturated rings. The summed E-state index contributed by atoms with van der Waals surface area (Å²) in [6, 6.07) is 8.81. The lowest BCUT2D eigenvalue weighted by Gasteiger charge is -2.27. The maximum Gasteiger partial charge on any atom is 0.276 e. The molecule has 9 heteroatoms. The molecule has 0 radical (unpaired) electrons. The Morgan fingerprint density at radius 1 is 1.19 bits per heavy atom. The van der Waals surface area contributed by atoms with Gasteiger partial charge in [0, 0.05) is 25.2 Å². The van der Waals surface area contributed by atoms with Crippen LogP contribution in [0.5, 0.6) is 0 Å². The molecule has 0 spiro atoms. The molecule has 1 aliphatic rings. The van der Waals surface area contributed by atoms with Crippen LogP contribution in [0.4, 0.5) is 17.2 Å². The second kappa shape index (κ2) is 7.57. The molecule has 2 aromatic rings. The molecule has 1 aromatic carbocycles. The molecule has 0 aliphatic carbocycles. The van der Waals surface area contributed by atoms with Crippen molar-refractivity contribution in [3.05, 3.63) is 51.7 Å². The summed E-state index contributed by atoms with van der Waals surface area (Å²) in [5, 5.41) is 30.5. The smallest absolute Gasteiger partial charge is 0.276 e. The van der Waals surface area contributed by atoms with E-state index in [1.807, 2.05) is 6.07 Å². The van der Waals surface area contributed by atoms with Crippen molar-refractivity contribution in [3.8, 4) is 6.07 Å². The van der Waals surface area contributed by atoms with Crippen LogP contribution in [0, 0.1) is 21.4 Å². The summed E-state index contributed by atoms with van der Waals surface area (Å²) in [6.07, 6.45) is 3.43. The number of nitrogens with zero attached hydrogens (tertiary/aromatic N) is 5. The molecule has 1 aliphatic heterocycles. The molecule has 3 rings (SSSR count). The van der Waals surface area contributed by atoms with Gasteiger partial charge in [-0.05, 0) is 37.5 Å². The van der Waals surface area contributed by atoms with Crippen molar-refractivity contribution in [1.29, 1.82) is 5.26 Å². The predicted molar refractivity (Wildman–Crippen MR) is 93.9 cm³/mol. The van der Waals surface area contributed by atoms with Crippen LogP contribution in [-0.2, 0) is 0 Å². The van der Waals surface area contributed by atoms with Crippen LogP contribution in [0.3, 0.4) is 0 Å². The van der Waals surface area contributed by atoms with Crippen molar-refractivity contribution in [2.24, 2.45) is 0 Å². The second-order valence-electron chi connectivity index (χ2n) is 5.88. The minimum absolute atomic E-state index is 0.00504. The van der Waals surface area contributed by atoms with E-state index in [2.05, 4.69) is 20.4 Å². The minimum Gasteiger partial charge on any atom is -0.355 e.